The number of hydrogen-bond acceptors (Lipinski definition) is 5. The van der Waals surface area contributed by atoms with Gasteiger partial charge in [-0.05, 0) is 72.3 Å². The maximum Gasteiger partial charge on any atom is 0.341 e. The van der Waals surface area contributed by atoms with Crippen LogP contribution < -0.4 is 14.8 Å². The molecule has 0 bridgehead atoms. The Bertz CT molecular complexity index is 978. The summed E-state index contributed by atoms with van der Waals surface area (Å²) in [6.07, 6.45) is 1.44. The summed E-state index contributed by atoms with van der Waals surface area (Å²) in [6, 6.07) is 12.4. The normalized spacial score (nSPS) is 10.8. The van der Waals surface area contributed by atoms with Crippen molar-refractivity contribution in [1.29, 1.82) is 5.26 Å². The first-order valence-electron chi connectivity index (χ1n) is 8.64. The Morgan fingerprint density at radius 3 is 2.52 bits per heavy atom. The second-order valence-electron chi connectivity index (χ2n) is 5.94. The van der Waals surface area contributed by atoms with Crippen molar-refractivity contribution in [3.05, 3.63) is 56.7 Å². The number of hydrogen-bond donors (Lipinski definition) is 2. The highest BCUT2D eigenvalue weighted by Crippen LogP contribution is 2.35. The average molecular weight is 506 g/mol. The quantitative estimate of drug-likeness (QED) is 0.318. The van der Waals surface area contributed by atoms with Gasteiger partial charge in [-0.2, -0.15) is 5.26 Å². The van der Waals surface area contributed by atoms with E-state index in [0.29, 0.717) is 32.9 Å². The summed E-state index contributed by atoms with van der Waals surface area (Å²) < 4.78 is 11.4. The van der Waals surface area contributed by atoms with Crippen LogP contribution in [-0.2, 0) is 9.59 Å². The molecule has 1 amide bonds. The topological polar surface area (TPSA) is 109 Å². The third-order valence-electron chi connectivity index (χ3n) is 3.66. The minimum atomic E-state index is -1.10. The number of amides is 1. The highest BCUT2D eigenvalue weighted by molar-refractivity contribution is 14.1. The highest BCUT2D eigenvalue weighted by atomic mass is 127. The summed E-state index contributed by atoms with van der Waals surface area (Å²) in [5, 5.41) is 20.9. The van der Waals surface area contributed by atoms with E-state index < -0.39 is 18.5 Å². The Kier molecular flexibility index (Phi) is 8.03. The number of halogens is 1. The van der Waals surface area contributed by atoms with E-state index in [2.05, 4.69) is 5.32 Å². The number of nitrogens with one attached hydrogen (secondary N) is 1. The van der Waals surface area contributed by atoms with Gasteiger partial charge in [0.25, 0.3) is 5.91 Å². The van der Waals surface area contributed by atoms with Crippen LogP contribution in [0.15, 0.2) is 42.0 Å². The second kappa shape index (κ2) is 10.5. The molecule has 0 aromatic heterocycles. The molecule has 0 aliphatic carbocycles. The maximum absolute atomic E-state index is 12.4. The largest absolute Gasteiger partial charge is 0.490 e. The molecule has 8 heteroatoms. The van der Waals surface area contributed by atoms with Crippen molar-refractivity contribution in [3.63, 3.8) is 0 Å². The molecule has 0 radical (unpaired) electrons. The number of anilines is 1. The number of aryl methyl sites for hydroxylation is 1. The predicted octanol–water partition coefficient (Wildman–Crippen LogP) is 4.01. The zero-order chi connectivity index (χ0) is 21.4. The number of aliphatic carboxylic acids is 1. The first kappa shape index (κ1) is 22.2. The van der Waals surface area contributed by atoms with Crippen LogP contribution in [0.25, 0.3) is 6.08 Å². The molecule has 0 saturated heterocycles. The molecular formula is C21H19IN2O5. The van der Waals surface area contributed by atoms with Gasteiger partial charge in [-0.15, -0.1) is 0 Å². The molecule has 0 atom stereocenters. The molecule has 2 rings (SSSR count). The third-order valence-corrected chi connectivity index (χ3v) is 4.46. The minimum Gasteiger partial charge on any atom is -0.490 e. The Morgan fingerprint density at radius 1 is 1.24 bits per heavy atom. The highest BCUT2D eigenvalue weighted by Gasteiger charge is 2.15. The van der Waals surface area contributed by atoms with Gasteiger partial charge < -0.3 is 19.9 Å². The van der Waals surface area contributed by atoms with E-state index in [1.807, 2.05) is 47.7 Å². The predicted molar refractivity (Wildman–Crippen MR) is 117 cm³/mol. The molecule has 0 unspecified atom stereocenters. The van der Waals surface area contributed by atoms with Gasteiger partial charge in [-0.3, -0.25) is 4.79 Å². The van der Waals surface area contributed by atoms with Crippen molar-refractivity contribution in [2.75, 3.05) is 18.5 Å². The van der Waals surface area contributed by atoms with Crippen LogP contribution in [0.1, 0.15) is 18.1 Å². The van der Waals surface area contributed by atoms with Crippen LogP contribution in [0.4, 0.5) is 5.69 Å². The van der Waals surface area contributed by atoms with E-state index in [1.54, 1.807) is 31.2 Å². The van der Waals surface area contributed by atoms with E-state index in [0.717, 1.165) is 5.56 Å². The fourth-order valence-electron chi connectivity index (χ4n) is 2.36. The zero-order valence-corrected chi connectivity index (χ0v) is 18.0. The molecule has 2 aromatic rings. The average Bonchev–Trinajstić information content (AvgIpc) is 2.67. The number of nitrogens with zero attached hydrogens (tertiary/aromatic N) is 1. The van der Waals surface area contributed by atoms with E-state index in [4.69, 9.17) is 14.6 Å². The monoisotopic (exact) mass is 506 g/mol. The first-order valence-corrected chi connectivity index (χ1v) is 9.72. The fourth-order valence-corrected chi connectivity index (χ4v) is 3.14. The van der Waals surface area contributed by atoms with Crippen LogP contribution in [0.5, 0.6) is 11.5 Å². The molecule has 0 fully saturated rings. The van der Waals surface area contributed by atoms with Gasteiger partial charge in [0.05, 0.1) is 10.2 Å². The van der Waals surface area contributed by atoms with Gasteiger partial charge in [0.1, 0.15) is 11.6 Å². The van der Waals surface area contributed by atoms with Crippen molar-refractivity contribution in [2.45, 2.75) is 13.8 Å². The van der Waals surface area contributed by atoms with E-state index in [1.165, 1.54) is 6.08 Å². The van der Waals surface area contributed by atoms with E-state index in [-0.39, 0.29) is 5.57 Å². The lowest BCUT2D eigenvalue weighted by Crippen LogP contribution is -2.13. The number of benzene rings is 2. The minimum absolute atomic E-state index is 0.0805. The summed E-state index contributed by atoms with van der Waals surface area (Å²) >= 11 is 1.99. The van der Waals surface area contributed by atoms with Crippen molar-refractivity contribution in [1.82, 2.24) is 0 Å². The number of carboxylic acids is 1. The fraction of sp³-hybridized carbons (Fsp3) is 0.190. The number of carbonyl (C=O) groups excluding carboxylic acids is 1. The smallest absolute Gasteiger partial charge is 0.341 e. The molecule has 0 saturated carbocycles. The lowest BCUT2D eigenvalue weighted by Gasteiger charge is -2.13. The van der Waals surface area contributed by atoms with E-state index in [9.17, 15) is 14.9 Å². The van der Waals surface area contributed by atoms with Gasteiger partial charge in [-0.1, -0.05) is 17.7 Å². The third kappa shape index (κ3) is 6.50. The van der Waals surface area contributed by atoms with Gasteiger partial charge in [-0.25, -0.2) is 4.79 Å². The van der Waals surface area contributed by atoms with Crippen molar-refractivity contribution < 1.29 is 24.2 Å². The van der Waals surface area contributed by atoms with Crippen LogP contribution in [0.3, 0.4) is 0 Å². The Hall–Kier alpha value is -3.06. The summed E-state index contributed by atoms with van der Waals surface area (Å²) in [6.45, 7) is 3.55. The second-order valence-corrected chi connectivity index (χ2v) is 7.10. The number of nitriles is 1. The van der Waals surface area contributed by atoms with Gasteiger partial charge >= 0.3 is 5.97 Å². The lowest BCUT2D eigenvalue weighted by molar-refractivity contribution is -0.139. The molecule has 0 spiro atoms. The van der Waals surface area contributed by atoms with Crippen molar-refractivity contribution in [2.24, 2.45) is 0 Å². The number of ether oxygens (including phenoxy) is 2. The van der Waals surface area contributed by atoms with Gasteiger partial charge in [0, 0.05) is 5.69 Å². The number of carboxylic acid groups (broad SMARTS) is 1. The molecule has 0 aliphatic heterocycles. The lowest BCUT2D eigenvalue weighted by atomic mass is 10.1. The number of rotatable bonds is 8. The Morgan fingerprint density at radius 2 is 1.93 bits per heavy atom. The van der Waals surface area contributed by atoms with E-state index >= 15 is 0 Å². The molecular weight excluding hydrogens is 487 g/mol. The summed E-state index contributed by atoms with van der Waals surface area (Å²) in [5.41, 5.74) is 2.12. The molecule has 0 heterocycles. The number of carbonyl (C=O) groups is 2. The standard InChI is InChI=1S/C21H19IN2O5/c1-3-28-18-10-14(9-17(22)20(18)29-12-19(25)26)8-15(11-23)21(27)24-16-6-4-13(2)5-7-16/h4-10H,3,12H2,1-2H3,(H,24,27)(H,25,26)/b15-8+. The first-order chi connectivity index (χ1) is 13.8. The molecule has 0 aliphatic rings. The van der Waals surface area contributed by atoms with Gasteiger partial charge in [0.2, 0.25) is 0 Å². The summed E-state index contributed by atoms with van der Waals surface area (Å²) in [7, 11) is 0. The van der Waals surface area contributed by atoms with Gasteiger partial charge in [0.15, 0.2) is 18.1 Å². The molecule has 2 aromatic carbocycles. The summed E-state index contributed by atoms with van der Waals surface area (Å²) in [4.78, 5) is 23.2. The van der Waals surface area contributed by atoms with Crippen LogP contribution in [-0.4, -0.2) is 30.2 Å². The van der Waals surface area contributed by atoms with Crippen molar-refractivity contribution >= 4 is 46.2 Å². The Balaban J connectivity index is 2.31. The SMILES string of the molecule is CCOc1cc(/C=C(\C#N)C(=O)Nc2ccc(C)cc2)cc(I)c1OCC(=O)O. The van der Waals surface area contributed by atoms with Crippen LogP contribution in [0, 0.1) is 21.8 Å². The summed E-state index contributed by atoms with van der Waals surface area (Å²) in [5.74, 6) is -1.000. The maximum atomic E-state index is 12.4. The zero-order valence-electron chi connectivity index (χ0n) is 15.9. The van der Waals surface area contributed by atoms with Crippen molar-refractivity contribution in [3.8, 4) is 17.6 Å². The van der Waals surface area contributed by atoms with Crippen LogP contribution >= 0.6 is 22.6 Å². The molecule has 150 valence electrons. The Labute approximate surface area is 182 Å². The van der Waals surface area contributed by atoms with Crippen LogP contribution in [0.2, 0.25) is 0 Å². The molecule has 2 N–H and O–H groups in total. The molecule has 29 heavy (non-hydrogen) atoms. The molecule has 7 nitrogen and oxygen atoms in total.